The van der Waals surface area contributed by atoms with Crippen LogP contribution in [-0.4, -0.2) is 18.0 Å². The minimum Gasteiger partial charge on any atom is -0.323 e. The Morgan fingerprint density at radius 2 is 1.06 bits per heavy atom. The molecule has 1 rings (SSSR count). The standard InChI is InChI=1S/C16H33OP/c1-3-18(17,4-2)16-14-12-10-8-6-5-7-9-11-13-15-16/h16H,3-15H2,1-2H3. The lowest BCUT2D eigenvalue weighted by molar-refractivity contribution is 0.491. The van der Waals surface area contributed by atoms with Crippen LogP contribution in [-0.2, 0) is 4.57 Å². The molecule has 0 radical (unpaired) electrons. The summed E-state index contributed by atoms with van der Waals surface area (Å²) in [4.78, 5) is 0. The molecule has 1 aliphatic carbocycles. The maximum Gasteiger partial charge on any atom is 0.0901 e. The summed E-state index contributed by atoms with van der Waals surface area (Å²) in [7, 11) is -1.86. The van der Waals surface area contributed by atoms with Crippen LogP contribution in [0.3, 0.4) is 0 Å². The van der Waals surface area contributed by atoms with Gasteiger partial charge in [0.15, 0.2) is 0 Å². The molecule has 0 aliphatic heterocycles. The van der Waals surface area contributed by atoms with E-state index in [0.717, 1.165) is 12.3 Å². The fourth-order valence-corrected chi connectivity index (χ4v) is 6.14. The maximum absolute atomic E-state index is 12.9. The Bertz CT molecular complexity index is 229. The highest BCUT2D eigenvalue weighted by Crippen LogP contribution is 2.53. The molecular weight excluding hydrogens is 239 g/mol. The largest absolute Gasteiger partial charge is 0.323 e. The van der Waals surface area contributed by atoms with Crippen molar-refractivity contribution in [2.75, 3.05) is 12.3 Å². The van der Waals surface area contributed by atoms with Gasteiger partial charge in [0.05, 0.1) is 7.14 Å². The number of hydrogen-bond donors (Lipinski definition) is 0. The second-order valence-electron chi connectivity index (χ2n) is 6.00. The van der Waals surface area contributed by atoms with E-state index in [1.807, 2.05) is 0 Å². The summed E-state index contributed by atoms with van der Waals surface area (Å²) >= 11 is 0. The van der Waals surface area contributed by atoms with Gasteiger partial charge in [-0.25, -0.2) is 0 Å². The Morgan fingerprint density at radius 3 is 1.39 bits per heavy atom. The highest BCUT2D eigenvalue weighted by atomic mass is 31.2. The second-order valence-corrected chi connectivity index (χ2v) is 9.90. The zero-order valence-corrected chi connectivity index (χ0v) is 13.5. The molecule has 18 heavy (non-hydrogen) atoms. The summed E-state index contributed by atoms with van der Waals surface area (Å²) < 4.78 is 12.9. The van der Waals surface area contributed by atoms with Gasteiger partial charge in [-0.05, 0) is 25.2 Å². The van der Waals surface area contributed by atoms with Gasteiger partial charge in [-0.2, -0.15) is 0 Å². The van der Waals surface area contributed by atoms with Crippen LogP contribution in [0.2, 0.25) is 0 Å². The van der Waals surface area contributed by atoms with Crippen molar-refractivity contribution in [1.82, 2.24) is 0 Å². The molecule has 0 saturated heterocycles. The van der Waals surface area contributed by atoms with Crippen molar-refractivity contribution in [2.24, 2.45) is 0 Å². The van der Waals surface area contributed by atoms with Crippen molar-refractivity contribution < 1.29 is 4.57 Å². The summed E-state index contributed by atoms with van der Waals surface area (Å²) in [6, 6.07) is 0. The number of hydrogen-bond acceptors (Lipinski definition) is 1. The first-order valence-corrected chi connectivity index (χ1v) is 10.5. The molecule has 1 nitrogen and oxygen atoms in total. The zero-order chi connectivity index (χ0) is 13.3. The van der Waals surface area contributed by atoms with Crippen molar-refractivity contribution in [3.05, 3.63) is 0 Å². The predicted octanol–water partition coefficient (Wildman–Crippen LogP) is 6.06. The summed E-state index contributed by atoms with van der Waals surface area (Å²) in [6.07, 6.45) is 16.8. The van der Waals surface area contributed by atoms with E-state index in [2.05, 4.69) is 13.8 Å². The smallest absolute Gasteiger partial charge is 0.0901 e. The first-order chi connectivity index (χ1) is 8.73. The topological polar surface area (TPSA) is 17.1 Å². The molecule has 0 aromatic heterocycles. The van der Waals surface area contributed by atoms with E-state index in [1.54, 1.807) is 0 Å². The van der Waals surface area contributed by atoms with Gasteiger partial charge in [-0.3, -0.25) is 0 Å². The van der Waals surface area contributed by atoms with Gasteiger partial charge in [0, 0.05) is 5.66 Å². The zero-order valence-electron chi connectivity index (χ0n) is 12.6. The van der Waals surface area contributed by atoms with Crippen LogP contribution in [0.25, 0.3) is 0 Å². The third-order valence-electron chi connectivity index (χ3n) is 4.81. The molecule has 0 heterocycles. The fourth-order valence-electron chi connectivity index (χ4n) is 3.35. The van der Waals surface area contributed by atoms with Crippen LogP contribution in [0.5, 0.6) is 0 Å². The molecule has 0 atom stereocenters. The summed E-state index contributed by atoms with van der Waals surface area (Å²) in [5, 5.41) is 0. The van der Waals surface area contributed by atoms with Crippen LogP contribution in [0, 0.1) is 0 Å². The van der Waals surface area contributed by atoms with E-state index in [9.17, 15) is 4.57 Å². The molecule has 0 amide bonds. The molecule has 1 aliphatic rings. The molecule has 0 unspecified atom stereocenters. The third kappa shape index (κ3) is 5.47. The first-order valence-electron chi connectivity index (χ1n) is 8.30. The van der Waals surface area contributed by atoms with Gasteiger partial charge in [-0.15, -0.1) is 0 Å². The maximum atomic E-state index is 12.9. The summed E-state index contributed by atoms with van der Waals surface area (Å²) in [6.45, 7) is 4.28. The van der Waals surface area contributed by atoms with Crippen LogP contribution in [0.4, 0.5) is 0 Å². The quantitative estimate of drug-likeness (QED) is 0.570. The van der Waals surface area contributed by atoms with Gasteiger partial charge in [-0.1, -0.05) is 71.6 Å². The highest BCUT2D eigenvalue weighted by molar-refractivity contribution is 7.64. The molecule has 0 spiro atoms. The van der Waals surface area contributed by atoms with E-state index >= 15 is 0 Å². The van der Waals surface area contributed by atoms with Gasteiger partial charge >= 0.3 is 0 Å². The molecule has 1 fully saturated rings. The summed E-state index contributed by atoms with van der Waals surface area (Å²) in [5.41, 5.74) is 0.548. The van der Waals surface area contributed by atoms with E-state index in [1.165, 1.54) is 70.6 Å². The van der Waals surface area contributed by atoms with Crippen molar-refractivity contribution in [1.29, 1.82) is 0 Å². The lowest BCUT2D eigenvalue weighted by atomic mass is 10.0. The average Bonchev–Trinajstić information content (AvgIpc) is 2.38. The van der Waals surface area contributed by atoms with E-state index in [-0.39, 0.29) is 0 Å². The van der Waals surface area contributed by atoms with E-state index in [4.69, 9.17) is 0 Å². The molecule has 0 bridgehead atoms. The Kier molecular flexibility index (Phi) is 8.31. The van der Waals surface area contributed by atoms with Gasteiger partial charge in [0.1, 0.15) is 0 Å². The SMILES string of the molecule is CCP(=O)(CC)C1CCCCCCCCCCC1. The highest BCUT2D eigenvalue weighted by Gasteiger charge is 2.28. The van der Waals surface area contributed by atoms with Gasteiger partial charge in [0.2, 0.25) is 0 Å². The second kappa shape index (κ2) is 9.18. The van der Waals surface area contributed by atoms with E-state index < -0.39 is 7.14 Å². The molecule has 0 aromatic carbocycles. The van der Waals surface area contributed by atoms with Crippen LogP contribution >= 0.6 is 7.14 Å². The average molecular weight is 272 g/mol. The Hall–Kier alpha value is 0.230. The van der Waals surface area contributed by atoms with Crippen LogP contribution < -0.4 is 0 Å². The normalized spacial score (nSPS) is 22.1. The molecule has 0 N–H and O–H groups in total. The molecule has 0 aromatic rings. The summed E-state index contributed by atoms with van der Waals surface area (Å²) in [5.74, 6) is 0. The minimum absolute atomic E-state index is 0.548. The molecule has 1 saturated carbocycles. The van der Waals surface area contributed by atoms with Crippen LogP contribution in [0.1, 0.15) is 84.5 Å². The molecular formula is C16H33OP. The lowest BCUT2D eigenvalue weighted by Crippen LogP contribution is -2.12. The number of rotatable bonds is 3. The van der Waals surface area contributed by atoms with Crippen molar-refractivity contribution in [3.8, 4) is 0 Å². The minimum atomic E-state index is -1.86. The Balaban J connectivity index is 2.53. The van der Waals surface area contributed by atoms with Gasteiger partial charge < -0.3 is 4.57 Å². The predicted molar refractivity (Wildman–Crippen MR) is 83.3 cm³/mol. The van der Waals surface area contributed by atoms with Crippen molar-refractivity contribution in [3.63, 3.8) is 0 Å². The molecule has 108 valence electrons. The first kappa shape index (κ1) is 16.3. The Morgan fingerprint density at radius 1 is 0.722 bits per heavy atom. The van der Waals surface area contributed by atoms with Crippen LogP contribution in [0.15, 0.2) is 0 Å². The fraction of sp³-hybridized carbons (Fsp3) is 1.00. The van der Waals surface area contributed by atoms with E-state index in [0.29, 0.717) is 5.66 Å². The van der Waals surface area contributed by atoms with Crippen molar-refractivity contribution >= 4 is 7.14 Å². The van der Waals surface area contributed by atoms with Crippen molar-refractivity contribution in [2.45, 2.75) is 90.1 Å². The lowest BCUT2D eigenvalue weighted by Gasteiger charge is -2.26. The monoisotopic (exact) mass is 272 g/mol. The molecule has 2 heteroatoms. The Labute approximate surface area is 114 Å². The third-order valence-corrected chi connectivity index (χ3v) is 8.80. The van der Waals surface area contributed by atoms with Gasteiger partial charge in [0.25, 0.3) is 0 Å².